The number of hydrogen-bond donors (Lipinski definition) is 0. The molecule has 0 N–H and O–H groups in total. The van der Waals surface area contributed by atoms with Gasteiger partial charge in [-0.3, -0.25) is 0 Å². The van der Waals surface area contributed by atoms with Gasteiger partial charge in [0, 0.05) is 4.47 Å². The summed E-state index contributed by atoms with van der Waals surface area (Å²) in [7, 11) is 0. The van der Waals surface area contributed by atoms with E-state index in [1.807, 2.05) is 30.3 Å². The molecule has 0 spiro atoms. The second kappa shape index (κ2) is 5.19. The molecule has 0 radical (unpaired) electrons. The molecule has 0 saturated carbocycles. The molecule has 0 saturated heterocycles. The van der Waals surface area contributed by atoms with Crippen molar-refractivity contribution in [1.29, 1.82) is 5.26 Å². The van der Waals surface area contributed by atoms with Gasteiger partial charge in [-0.25, -0.2) is 19.6 Å². The molecule has 3 rings (SSSR count). The van der Waals surface area contributed by atoms with Crippen molar-refractivity contribution >= 4 is 33.3 Å². The third-order valence-electron chi connectivity index (χ3n) is 2.62. The number of aromatic nitrogens is 4. The molecule has 0 aliphatic heterocycles. The number of fused-ring (bicyclic) bond motifs is 1. The van der Waals surface area contributed by atoms with Crippen LogP contribution in [0.25, 0.3) is 11.2 Å². The average molecular weight is 327 g/mol. The van der Waals surface area contributed by atoms with Crippen LogP contribution in [0.4, 0.5) is 0 Å². The van der Waals surface area contributed by atoms with E-state index >= 15 is 0 Å². The fraction of sp³-hybridized carbons (Fsp3) is 0. The highest BCUT2D eigenvalue weighted by atomic mass is 79.9. The third-order valence-corrected chi connectivity index (χ3v) is 3.15. The number of nitrogens with zero attached hydrogens (tertiary/aromatic N) is 6. The maximum Gasteiger partial charge on any atom is 0.185 e. The van der Waals surface area contributed by atoms with E-state index in [1.165, 1.54) is 17.3 Å². The van der Waals surface area contributed by atoms with Crippen molar-refractivity contribution in [2.45, 2.75) is 0 Å². The van der Waals surface area contributed by atoms with Crippen LogP contribution in [0.15, 0.2) is 46.5 Å². The summed E-state index contributed by atoms with van der Waals surface area (Å²) in [6.07, 6.45) is 4.53. The lowest BCUT2D eigenvalue weighted by Crippen LogP contribution is -1.93. The zero-order valence-corrected chi connectivity index (χ0v) is 11.7. The Kier molecular flexibility index (Phi) is 3.23. The van der Waals surface area contributed by atoms with Gasteiger partial charge in [0.2, 0.25) is 0 Å². The standard InChI is InChI=1S/C13H7BrN6/c14-10-3-1-9(2-4-10)6-19-20-8-18-12-11(5-15)16-7-17-13(12)20/h1-4,6-8H/b19-6+. The van der Waals surface area contributed by atoms with E-state index in [2.05, 4.69) is 36.0 Å². The first-order chi connectivity index (χ1) is 9.78. The second-order valence-electron chi connectivity index (χ2n) is 3.89. The van der Waals surface area contributed by atoms with Crippen molar-refractivity contribution in [1.82, 2.24) is 19.6 Å². The smallest absolute Gasteiger partial charge is 0.185 e. The van der Waals surface area contributed by atoms with E-state index in [0.717, 1.165) is 10.0 Å². The molecule has 2 heterocycles. The van der Waals surface area contributed by atoms with Crippen LogP contribution < -0.4 is 0 Å². The fourth-order valence-corrected chi connectivity index (χ4v) is 1.93. The van der Waals surface area contributed by atoms with E-state index in [4.69, 9.17) is 5.26 Å². The van der Waals surface area contributed by atoms with E-state index in [-0.39, 0.29) is 5.69 Å². The Balaban J connectivity index is 1.99. The number of benzene rings is 1. The molecule has 0 unspecified atom stereocenters. The van der Waals surface area contributed by atoms with E-state index in [0.29, 0.717) is 11.2 Å². The van der Waals surface area contributed by atoms with Gasteiger partial charge in [0.1, 0.15) is 24.2 Å². The average Bonchev–Trinajstić information content (AvgIpc) is 2.90. The van der Waals surface area contributed by atoms with Gasteiger partial charge in [0.05, 0.1) is 6.21 Å². The second-order valence-corrected chi connectivity index (χ2v) is 4.81. The third kappa shape index (κ3) is 2.29. The summed E-state index contributed by atoms with van der Waals surface area (Å²) in [6.45, 7) is 0. The lowest BCUT2D eigenvalue weighted by molar-refractivity contribution is 0.897. The predicted molar refractivity (Wildman–Crippen MR) is 77.2 cm³/mol. The summed E-state index contributed by atoms with van der Waals surface area (Å²) in [5, 5.41) is 13.2. The first kappa shape index (κ1) is 12.4. The number of imidazole rings is 1. The predicted octanol–water partition coefficient (Wildman–Crippen LogP) is 2.34. The Labute approximate surface area is 122 Å². The Morgan fingerprint density at radius 2 is 2.00 bits per heavy atom. The maximum atomic E-state index is 8.95. The lowest BCUT2D eigenvalue weighted by Gasteiger charge is -1.96. The molecule has 6 nitrogen and oxygen atoms in total. The highest BCUT2D eigenvalue weighted by Gasteiger charge is 2.08. The summed E-state index contributed by atoms with van der Waals surface area (Å²) in [5.41, 5.74) is 2.14. The summed E-state index contributed by atoms with van der Waals surface area (Å²) in [6, 6.07) is 9.71. The molecular formula is C13H7BrN6. The minimum Gasteiger partial charge on any atom is -0.230 e. The van der Waals surface area contributed by atoms with Crippen LogP contribution in [0.5, 0.6) is 0 Å². The van der Waals surface area contributed by atoms with Gasteiger partial charge in [-0.1, -0.05) is 28.1 Å². The van der Waals surface area contributed by atoms with Crippen LogP contribution in [0.3, 0.4) is 0 Å². The Morgan fingerprint density at radius 3 is 2.75 bits per heavy atom. The molecule has 0 amide bonds. The topological polar surface area (TPSA) is 79.8 Å². The molecule has 0 atom stereocenters. The van der Waals surface area contributed by atoms with Crippen LogP contribution in [0, 0.1) is 11.3 Å². The Morgan fingerprint density at radius 1 is 1.20 bits per heavy atom. The van der Waals surface area contributed by atoms with Crippen molar-refractivity contribution < 1.29 is 0 Å². The molecule has 20 heavy (non-hydrogen) atoms. The van der Waals surface area contributed by atoms with E-state index in [1.54, 1.807) is 6.21 Å². The Hall–Kier alpha value is -2.59. The van der Waals surface area contributed by atoms with Crippen LogP contribution in [-0.4, -0.2) is 25.8 Å². The van der Waals surface area contributed by atoms with Crippen LogP contribution in [-0.2, 0) is 0 Å². The van der Waals surface area contributed by atoms with Gasteiger partial charge >= 0.3 is 0 Å². The zero-order chi connectivity index (χ0) is 13.9. The molecule has 96 valence electrons. The minimum absolute atomic E-state index is 0.243. The molecule has 7 heteroatoms. The number of halogens is 1. The zero-order valence-electron chi connectivity index (χ0n) is 10.1. The number of hydrogen-bond acceptors (Lipinski definition) is 5. The van der Waals surface area contributed by atoms with E-state index < -0.39 is 0 Å². The van der Waals surface area contributed by atoms with Gasteiger partial charge in [0.25, 0.3) is 0 Å². The molecule has 0 aliphatic rings. The van der Waals surface area contributed by atoms with Crippen molar-refractivity contribution in [3.8, 4) is 6.07 Å². The largest absolute Gasteiger partial charge is 0.230 e. The monoisotopic (exact) mass is 326 g/mol. The summed E-state index contributed by atoms with van der Waals surface area (Å²) in [4.78, 5) is 12.1. The van der Waals surface area contributed by atoms with Gasteiger partial charge < -0.3 is 0 Å². The quantitative estimate of drug-likeness (QED) is 0.677. The van der Waals surface area contributed by atoms with Gasteiger partial charge in [-0.05, 0) is 17.7 Å². The number of rotatable bonds is 2. The molecule has 0 aliphatic carbocycles. The highest BCUT2D eigenvalue weighted by Crippen LogP contribution is 2.12. The summed E-state index contributed by atoms with van der Waals surface area (Å²) >= 11 is 3.38. The molecule has 0 bridgehead atoms. The van der Waals surface area contributed by atoms with Gasteiger partial charge in [-0.2, -0.15) is 10.4 Å². The van der Waals surface area contributed by atoms with E-state index in [9.17, 15) is 0 Å². The van der Waals surface area contributed by atoms with Crippen LogP contribution >= 0.6 is 15.9 Å². The summed E-state index contributed by atoms with van der Waals surface area (Å²) < 4.78 is 2.52. The molecular weight excluding hydrogens is 320 g/mol. The van der Waals surface area contributed by atoms with Crippen LogP contribution in [0.1, 0.15) is 11.3 Å². The van der Waals surface area contributed by atoms with Crippen molar-refractivity contribution in [2.75, 3.05) is 0 Å². The van der Waals surface area contributed by atoms with Gasteiger partial charge in [-0.15, -0.1) is 0 Å². The molecule has 1 aromatic carbocycles. The maximum absolute atomic E-state index is 8.95. The fourth-order valence-electron chi connectivity index (χ4n) is 1.67. The summed E-state index contributed by atoms with van der Waals surface area (Å²) in [5.74, 6) is 0. The first-order valence-corrected chi connectivity index (χ1v) is 6.45. The Bertz CT molecular complexity index is 828. The SMILES string of the molecule is N#Cc1ncnc2c1ncn2/N=C/c1ccc(Br)cc1. The first-order valence-electron chi connectivity index (χ1n) is 5.66. The molecule has 0 fully saturated rings. The molecule has 3 aromatic rings. The van der Waals surface area contributed by atoms with Crippen molar-refractivity contribution in [3.05, 3.63) is 52.7 Å². The normalized spacial score (nSPS) is 11.0. The van der Waals surface area contributed by atoms with Crippen molar-refractivity contribution in [3.63, 3.8) is 0 Å². The minimum atomic E-state index is 0.243. The number of nitriles is 1. The van der Waals surface area contributed by atoms with Gasteiger partial charge in [0.15, 0.2) is 11.3 Å². The van der Waals surface area contributed by atoms with Crippen LogP contribution in [0.2, 0.25) is 0 Å². The molecule has 2 aromatic heterocycles. The lowest BCUT2D eigenvalue weighted by atomic mass is 10.2. The highest BCUT2D eigenvalue weighted by molar-refractivity contribution is 9.10. The van der Waals surface area contributed by atoms with Crippen molar-refractivity contribution in [2.24, 2.45) is 5.10 Å².